The number of rotatable bonds is 2. The zero-order valence-corrected chi connectivity index (χ0v) is 8.51. The van der Waals surface area contributed by atoms with Crippen LogP contribution in [0.25, 0.3) is 0 Å². The lowest BCUT2D eigenvalue weighted by Gasteiger charge is -2.10. The van der Waals surface area contributed by atoms with E-state index in [0.717, 1.165) is 6.42 Å². The molecule has 0 bridgehead atoms. The second-order valence-corrected chi connectivity index (χ2v) is 4.75. The molecule has 1 aliphatic rings. The Bertz CT molecular complexity index is 282. The molecule has 0 aliphatic carbocycles. The van der Waals surface area contributed by atoms with Crippen LogP contribution in [0.1, 0.15) is 10.4 Å². The van der Waals surface area contributed by atoms with Crippen LogP contribution in [0.15, 0.2) is 11.4 Å². The number of aryl methyl sites for hydroxylation is 1. The van der Waals surface area contributed by atoms with E-state index < -0.39 is 0 Å². The van der Waals surface area contributed by atoms with Crippen LogP contribution in [-0.4, -0.2) is 24.4 Å². The minimum atomic E-state index is -0.264. The normalized spacial score (nSPS) is 28.2. The molecule has 72 valence electrons. The molecule has 1 N–H and O–H groups in total. The summed E-state index contributed by atoms with van der Waals surface area (Å²) >= 11 is 1.77. The Morgan fingerprint density at radius 3 is 3.00 bits per heavy atom. The van der Waals surface area contributed by atoms with Gasteiger partial charge in [0.05, 0.1) is 19.3 Å². The van der Waals surface area contributed by atoms with Crippen LogP contribution in [0.4, 0.5) is 0 Å². The van der Waals surface area contributed by atoms with Gasteiger partial charge in [0.1, 0.15) is 0 Å². The maximum atomic E-state index is 9.54. The first-order chi connectivity index (χ1) is 6.25. The van der Waals surface area contributed by atoms with Gasteiger partial charge in [-0.3, -0.25) is 0 Å². The molecule has 0 radical (unpaired) electrons. The highest BCUT2D eigenvalue weighted by Gasteiger charge is 2.26. The number of thiophene rings is 1. The second kappa shape index (κ2) is 3.78. The molecule has 2 nitrogen and oxygen atoms in total. The third-order valence-corrected chi connectivity index (χ3v) is 3.36. The Hall–Kier alpha value is -0.380. The van der Waals surface area contributed by atoms with Crippen molar-refractivity contribution >= 4 is 11.3 Å². The Labute approximate surface area is 82.2 Å². The molecule has 0 amide bonds. The predicted octanol–water partition coefficient (Wildman–Crippen LogP) is 1.61. The second-order valence-electron chi connectivity index (χ2n) is 3.63. The summed E-state index contributed by atoms with van der Waals surface area (Å²) in [6, 6.07) is 2.19. The molecule has 0 aromatic carbocycles. The first kappa shape index (κ1) is 9.19. The van der Waals surface area contributed by atoms with Gasteiger partial charge in [-0.2, -0.15) is 0 Å². The molecule has 1 aromatic heterocycles. The number of hydrogen-bond donors (Lipinski definition) is 1. The topological polar surface area (TPSA) is 29.5 Å². The largest absolute Gasteiger partial charge is 0.390 e. The van der Waals surface area contributed by atoms with Gasteiger partial charge in [0.2, 0.25) is 0 Å². The fourth-order valence-corrected chi connectivity index (χ4v) is 2.41. The number of hydrogen-bond acceptors (Lipinski definition) is 3. The maximum absolute atomic E-state index is 9.54. The van der Waals surface area contributed by atoms with Crippen molar-refractivity contribution in [1.82, 2.24) is 0 Å². The molecule has 0 spiro atoms. The van der Waals surface area contributed by atoms with Crippen LogP contribution >= 0.6 is 11.3 Å². The van der Waals surface area contributed by atoms with Crippen molar-refractivity contribution in [1.29, 1.82) is 0 Å². The molecular weight excluding hydrogens is 184 g/mol. The van der Waals surface area contributed by atoms with E-state index in [4.69, 9.17) is 4.74 Å². The summed E-state index contributed by atoms with van der Waals surface area (Å²) < 4.78 is 5.20. The maximum Gasteiger partial charge on any atom is 0.0826 e. The van der Waals surface area contributed by atoms with Gasteiger partial charge < -0.3 is 9.84 Å². The Morgan fingerprint density at radius 1 is 1.62 bits per heavy atom. The SMILES string of the molecule is Cc1cc(CC2COCC2O)cs1. The molecule has 13 heavy (non-hydrogen) atoms. The lowest BCUT2D eigenvalue weighted by molar-refractivity contribution is 0.118. The molecule has 0 saturated carbocycles. The highest BCUT2D eigenvalue weighted by molar-refractivity contribution is 7.10. The Balaban J connectivity index is 1.97. The third kappa shape index (κ3) is 2.10. The van der Waals surface area contributed by atoms with Gasteiger partial charge in [-0.25, -0.2) is 0 Å². The average molecular weight is 198 g/mol. The van der Waals surface area contributed by atoms with Crippen molar-refractivity contribution in [2.24, 2.45) is 5.92 Å². The minimum Gasteiger partial charge on any atom is -0.390 e. The van der Waals surface area contributed by atoms with E-state index >= 15 is 0 Å². The molecule has 3 heteroatoms. The van der Waals surface area contributed by atoms with E-state index in [1.807, 2.05) is 0 Å². The fraction of sp³-hybridized carbons (Fsp3) is 0.600. The van der Waals surface area contributed by atoms with Gasteiger partial charge in [-0.1, -0.05) is 0 Å². The number of ether oxygens (including phenoxy) is 1. The minimum absolute atomic E-state index is 0.264. The van der Waals surface area contributed by atoms with Crippen molar-refractivity contribution in [3.63, 3.8) is 0 Å². The summed E-state index contributed by atoms with van der Waals surface area (Å²) in [5.41, 5.74) is 1.33. The molecule has 2 atom stereocenters. The number of aliphatic hydroxyl groups is 1. The molecule has 1 saturated heterocycles. The van der Waals surface area contributed by atoms with Crippen molar-refractivity contribution in [2.75, 3.05) is 13.2 Å². The zero-order valence-electron chi connectivity index (χ0n) is 7.69. The van der Waals surface area contributed by atoms with E-state index in [9.17, 15) is 5.11 Å². The molecule has 1 aromatic rings. The van der Waals surface area contributed by atoms with Crippen molar-refractivity contribution in [3.8, 4) is 0 Å². The summed E-state index contributed by atoms with van der Waals surface area (Å²) in [5.74, 6) is 0.300. The summed E-state index contributed by atoms with van der Waals surface area (Å²) in [6.45, 7) is 3.32. The van der Waals surface area contributed by atoms with Gasteiger partial charge in [0.15, 0.2) is 0 Å². The van der Waals surface area contributed by atoms with Crippen LogP contribution in [0.5, 0.6) is 0 Å². The van der Waals surface area contributed by atoms with E-state index in [1.165, 1.54) is 10.4 Å². The highest BCUT2D eigenvalue weighted by atomic mass is 32.1. The highest BCUT2D eigenvalue weighted by Crippen LogP contribution is 2.22. The van der Waals surface area contributed by atoms with Crippen LogP contribution in [0.3, 0.4) is 0 Å². The lowest BCUT2D eigenvalue weighted by Crippen LogP contribution is -2.19. The van der Waals surface area contributed by atoms with Crippen LogP contribution < -0.4 is 0 Å². The van der Waals surface area contributed by atoms with Gasteiger partial charge in [0, 0.05) is 10.8 Å². The standard InChI is InChI=1S/C10H14O2S/c1-7-2-8(6-13-7)3-9-4-12-5-10(9)11/h2,6,9-11H,3-5H2,1H3. The Morgan fingerprint density at radius 2 is 2.46 bits per heavy atom. The van der Waals surface area contributed by atoms with Gasteiger partial charge in [-0.15, -0.1) is 11.3 Å². The van der Waals surface area contributed by atoms with Crippen LogP contribution in [0, 0.1) is 12.8 Å². The molecular formula is C10H14O2S. The van der Waals surface area contributed by atoms with Gasteiger partial charge >= 0.3 is 0 Å². The predicted molar refractivity (Wildman–Crippen MR) is 53.1 cm³/mol. The number of aliphatic hydroxyl groups excluding tert-OH is 1. The van der Waals surface area contributed by atoms with Gasteiger partial charge in [0.25, 0.3) is 0 Å². The van der Waals surface area contributed by atoms with Gasteiger partial charge in [-0.05, 0) is 30.4 Å². The van der Waals surface area contributed by atoms with Crippen LogP contribution in [-0.2, 0) is 11.2 Å². The molecule has 2 rings (SSSR count). The fourth-order valence-electron chi connectivity index (χ4n) is 1.69. The van der Waals surface area contributed by atoms with Crippen molar-refractivity contribution in [3.05, 3.63) is 21.9 Å². The summed E-state index contributed by atoms with van der Waals surface area (Å²) in [4.78, 5) is 1.34. The summed E-state index contributed by atoms with van der Waals surface area (Å²) in [6.07, 6.45) is 0.686. The third-order valence-electron chi connectivity index (χ3n) is 2.45. The van der Waals surface area contributed by atoms with E-state index in [1.54, 1.807) is 11.3 Å². The first-order valence-corrected chi connectivity index (χ1v) is 5.43. The van der Waals surface area contributed by atoms with E-state index in [2.05, 4.69) is 18.4 Å². The molecule has 1 aliphatic heterocycles. The molecule has 1 fully saturated rings. The monoisotopic (exact) mass is 198 g/mol. The quantitative estimate of drug-likeness (QED) is 0.782. The lowest BCUT2D eigenvalue weighted by atomic mass is 9.98. The van der Waals surface area contributed by atoms with E-state index in [0.29, 0.717) is 19.1 Å². The van der Waals surface area contributed by atoms with Crippen molar-refractivity contribution in [2.45, 2.75) is 19.4 Å². The van der Waals surface area contributed by atoms with Crippen molar-refractivity contribution < 1.29 is 9.84 Å². The average Bonchev–Trinajstić information content (AvgIpc) is 2.64. The summed E-state index contributed by atoms with van der Waals surface area (Å²) in [5, 5.41) is 11.7. The van der Waals surface area contributed by atoms with E-state index in [-0.39, 0.29) is 6.10 Å². The zero-order chi connectivity index (χ0) is 9.26. The first-order valence-electron chi connectivity index (χ1n) is 4.55. The summed E-state index contributed by atoms with van der Waals surface area (Å²) in [7, 11) is 0. The molecule has 2 unspecified atom stereocenters. The smallest absolute Gasteiger partial charge is 0.0826 e. The Kier molecular flexibility index (Phi) is 2.67. The van der Waals surface area contributed by atoms with Crippen LogP contribution in [0.2, 0.25) is 0 Å². The molecule has 2 heterocycles.